The van der Waals surface area contributed by atoms with E-state index < -0.39 is 0 Å². The Morgan fingerprint density at radius 1 is 1.36 bits per heavy atom. The predicted molar refractivity (Wildman–Crippen MR) is 94.0 cm³/mol. The van der Waals surface area contributed by atoms with Crippen molar-refractivity contribution in [1.29, 1.82) is 0 Å². The summed E-state index contributed by atoms with van der Waals surface area (Å²) in [6.45, 7) is 3.04. The number of aromatic nitrogens is 2. The van der Waals surface area contributed by atoms with Gasteiger partial charge in [-0.05, 0) is 61.6 Å². The van der Waals surface area contributed by atoms with Crippen LogP contribution in [0.2, 0.25) is 0 Å². The van der Waals surface area contributed by atoms with Crippen molar-refractivity contribution in [1.82, 2.24) is 9.78 Å². The Kier molecular flexibility index (Phi) is 4.21. The SMILES string of the molecule is CC12Cc3cnn(-c4ccc(F)cc4)c3C=C1CCC2OCCCO. The van der Waals surface area contributed by atoms with Gasteiger partial charge in [0.1, 0.15) is 5.82 Å². The van der Waals surface area contributed by atoms with Crippen LogP contribution in [0.3, 0.4) is 0 Å². The molecule has 1 N–H and O–H groups in total. The quantitative estimate of drug-likeness (QED) is 0.846. The molecule has 1 aromatic heterocycles. The first kappa shape index (κ1) is 16.5. The van der Waals surface area contributed by atoms with Gasteiger partial charge in [0.2, 0.25) is 0 Å². The smallest absolute Gasteiger partial charge is 0.123 e. The predicted octanol–water partition coefficient (Wildman–Crippen LogP) is 3.52. The summed E-state index contributed by atoms with van der Waals surface area (Å²) in [5, 5.41) is 13.5. The summed E-state index contributed by atoms with van der Waals surface area (Å²) in [5.74, 6) is -0.241. The number of nitrogens with zero attached hydrogens (tertiary/aromatic N) is 2. The Balaban J connectivity index is 1.63. The molecule has 4 rings (SSSR count). The third kappa shape index (κ3) is 2.81. The summed E-state index contributed by atoms with van der Waals surface area (Å²) in [4.78, 5) is 0. The second-order valence-corrected chi connectivity index (χ2v) is 7.18. The third-order valence-electron chi connectivity index (χ3n) is 5.57. The fraction of sp³-hybridized carbons (Fsp3) is 0.450. The van der Waals surface area contributed by atoms with Crippen molar-refractivity contribution in [3.8, 4) is 5.69 Å². The molecule has 4 nitrogen and oxygen atoms in total. The molecule has 2 atom stereocenters. The van der Waals surface area contributed by atoms with Gasteiger partial charge in [0, 0.05) is 18.6 Å². The maximum absolute atomic E-state index is 13.2. The van der Waals surface area contributed by atoms with Crippen LogP contribution >= 0.6 is 0 Å². The van der Waals surface area contributed by atoms with E-state index in [-0.39, 0.29) is 23.9 Å². The second kappa shape index (κ2) is 6.39. The molecule has 2 unspecified atom stereocenters. The van der Waals surface area contributed by atoms with Crippen LogP contribution < -0.4 is 0 Å². The van der Waals surface area contributed by atoms with Gasteiger partial charge in [-0.25, -0.2) is 9.07 Å². The summed E-state index contributed by atoms with van der Waals surface area (Å²) >= 11 is 0. The lowest BCUT2D eigenvalue weighted by atomic mass is 9.74. The number of rotatable bonds is 5. The molecule has 1 saturated carbocycles. The van der Waals surface area contributed by atoms with Crippen LogP contribution in [0.25, 0.3) is 11.8 Å². The lowest BCUT2D eigenvalue weighted by molar-refractivity contribution is -0.00845. The Bertz CT molecular complexity index is 797. The van der Waals surface area contributed by atoms with Crippen molar-refractivity contribution >= 4 is 6.08 Å². The van der Waals surface area contributed by atoms with Gasteiger partial charge >= 0.3 is 0 Å². The van der Waals surface area contributed by atoms with Gasteiger partial charge in [0.05, 0.1) is 23.7 Å². The number of hydrogen-bond donors (Lipinski definition) is 1. The van der Waals surface area contributed by atoms with E-state index in [0.29, 0.717) is 13.0 Å². The van der Waals surface area contributed by atoms with E-state index in [1.807, 2.05) is 10.9 Å². The van der Waals surface area contributed by atoms with Crippen LogP contribution in [0.5, 0.6) is 0 Å². The molecule has 2 aromatic rings. The van der Waals surface area contributed by atoms with Gasteiger partial charge in [0.15, 0.2) is 0 Å². The Morgan fingerprint density at radius 2 is 2.16 bits per heavy atom. The average Bonchev–Trinajstić information content (AvgIpc) is 3.14. The lowest BCUT2D eigenvalue weighted by Gasteiger charge is -2.35. The Morgan fingerprint density at radius 3 is 2.92 bits per heavy atom. The minimum absolute atomic E-state index is 0.000878. The number of benzene rings is 1. The maximum atomic E-state index is 13.2. The fourth-order valence-electron chi connectivity index (χ4n) is 4.15. The van der Waals surface area contributed by atoms with Crippen LogP contribution in [-0.4, -0.2) is 34.2 Å². The van der Waals surface area contributed by atoms with E-state index >= 15 is 0 Å². The molecular formula is C20H23FN2O2. The minimum atomic E-state index is -0.241. The van der Waals surface area contributed by atoms with Crippen LogP contribution in [0.1, 0.15) is 37.4 Å². The van der Waals surface area contributed by atoms with Gasteiger partial charge in [-0.15, -0.1) is 0 Å². The van der Waals surface area contributed by atoms with E-state index in [1.54, 1.807) is 12.1 Å². The molecule has 2 aliphatic carbocycles. The van der Waals surface area contributed by atoms with Crippen LogP contribution in [-0.2, 0) is 11.2 Å². The van der Waals surface area contributed by atoms with Crippen molar-refractivity contribution in [2.24, 2.45) is 5.41 Å². The number of ether oxygens (including phenoxy) is 1. The summed E-state index contributed by atoms with van der Waals surface area (Å²) < 4.78 is 21.1. The van der Waals surface area contributed by atoms with E-state index in [4.69, 9.17) is 9.84 Å². The summed E-state index contributed by atoms with van der Waals surface area (Å²) in [7, 11) is 0. The first-order valence-electron chi connectivity index (χ1n) is 8.88. The molecular weight excluding hydrogens is 319 g/mol. The molecule has 0 amide bonds. The molecule has 0 aliphatic heterocycles. The van der Waals surface area contributed by atoms with E-state index in [1.165, 1.54) is 23.3 Å². The summed E-state index contributed by atoms with van der Waals surface area (Å²) in [6.07, 6.45) is 7.97. The number of halogens is 1. The van der Waals surface area contributed by atoms with Crippen LogP contribution in [0.4, 0.5) is 4.39 Å². The topological polar surface area (TPSA) is 47.3 Å². The molecule has 0 spiro atoms. The fourth-order valence-corrected chi connectivity index (χ4v) is 4.15. The molecule has 1 aromatic carbocycles. The first-order valence-corrected chi connectivity index (χ1v) is 8.88. The Labute approximate surface area is 146 Å². The Hall–Kier alpha value is -1.98. The summed E-state index contributed by atoms with van der Waals surface area (Å²) in [6, 6.07) is 6.43. The largest absolute Gasteiger partial charge is 0.396 e. The van der Waals surface area contributed by atoms with Crippen molar-refractivity contribution in [3.63, 3.8) is 0 Å². The molecule has 0 bridgehead atoms. The normalized spacial score (nSPS) is 24.8. The van der Waals surface area contributed by atoms with E-state index in [0.717, 1.165) is 30.6 Å². The van der Waals surface area contributed by atoms with Crippen molar-refractivity contribution in [3.05, 3.63) is 53.1 Å². The first-order chi connectivity index (χ1) is 12.1. The third-order valence-corrected chi connectivity index (χ3v) is 5.57. The van der Waals surface area contributed by atoms with Crippen LogP contribution in [0, 0.1) is 11.2 Å². The molecule has 25 heavy (non-hydrogen) atoms. The highest BCUT2D eigenvalue weighted by atomic mass is 19.1. The maximum Gasteiger partial charge on any atom is 0.123 e. The zero-order chi connectivity index (χ0) is 17.4. The zero-order valence-electron chi connectivity index (χ0n) is 14.4. The van der Waals surface area contributed by atoms with Gasteiger partial charge in [-0.2, -0.15) is 5.10 Å². The highest BCUT2D eigenvalue weighted by Gasteiger charge is 2.46. The second-order valence-electron chi connectivity index (χ2n) is 7.18. The van der Waals surface area contributed by atoms with Gasteiger partial charge in [-0.3, -0.25) is 0 Å². The highest BCUT2D eigenvalue weighted by molar-refractivity contribution is 5.62. The van der Waals surface area contributed by atoms with Gasteiger partial charge < -0.3 is 9.84 Å². The van der Waals surface area contributed by atoms with Crippen molar-refractivity contribution in [2.75, 3.05) is 13.2 Å². The standard InChI is InChI=1S/C20H23FN2O2/c1-20-12-14-13-22-23(17-6-4-16(21)5-7-17)18(14)11-15(20)3-8-19(20)25-10-2-9-24/h4-7,11,13,19,24H,2-3,8-10,12H2,1H3. The number of hydrogen-bond acceptors (Lipinski definition) is 3. The molecule has 1 heterocycles. The monoisotopic (exact) mass is 342 g/mol. The molecule has 1 fully saturated rings. The van der Waals surface area contributed by atoms with Crippen LogP contribution in [0.15, 0.2) is 36.0 Å². The van der Waals surface area contributed by atoms with Gasteiger partial charge in [-0.1, -0.05) is 12.5 Å². The number of aliphatic hydroxyl groups excluding tert-OH is 1. The molecule has 132 valence electrons. The molecule has 5 heteroatoms. The molecule has 0 radical (unpaired) electrons. The molecule has 0 saturated heterocycles. The van der Waals surface area contributed by atoms with E-state index in [9.17, 15) is 4.39 Å². The van der Waals surface area contributed by atoms with Crippen molar-refractivity contribution in [2.45, 2.75) is 38.7 Å². The minimum Gasteiger partial charge on any atom is -0.396 e. The lowest BCUT2D eigenvalue weighted by Crippen LogP contribution is -2.34. The van der Waals surface area contributed by atoms with E-state index in [2.05, 4.69) is 18.1 Å². The van der Waals surface area contributed by atoms with Gasteiger partial charge in [0.25, 0.3) is 0 Å². The number of aliphatic hydroxyl groups is 1. The zero-order valence-corrected chi connectivity index (χ0v) is 14.4. The number of fused-ring (bicyclic) bond motifs is 2. The summed E-state index contributed by atoms with van der Waals surface area (Å²) in [5.41, 5.74) is 4.57. The van der Waals surface area contributed by atoms with Crippen molar-refractivity contribution < 1.29 is 14.2 Å². The molecule has 2 aliphatic rings. The average molecular weight is 342 g/mol. The highest BCUT2D eigenvalue weighted by Crippen LogP contribution is 2.50.